The summed E-state index contributed by atoms with van der Waals surface area (Å²) in [7, 11) is 0. The van der Waals surface area contributed by atoms with Crippen LogP contribution in [0.25, 0.3) is 0 Å². The van der Waals surface area contributed by atoms with E-state index in [9.17, 15) is 4.79 Å². The maximum absolute atomic E-state index is 12.8. The number of carbonyl (C=O) groups excluding carboxylic acids is 1. The molecule has 2 rings (SSSR count). The molecule has 0 atom stereocenters. The molecule has 0 bridgehead atoms. The average molecular weight is 288 g/mol. The second-order valence-corrected chi connectivity index (χ2v) is 6.90. The number of hydrogen-bond donors (Lipinski definition) is 1. The molecule has 1 aliphatic rings. The molecule has 1 aliphatic heterocycles. The van der Waals surface area contributed by atoms with Gasteiger partial charge in [-0.2, -0.15) is 0 Å². The summed E-state index contributed by atoms with van der Waals surface area (Å²) >= 11 is 0. The van der Waals surface area contributed by atoms with E-state index in [4.69, 9.17) is 0 Å². The van der Waals surface area contributed by atoms with Gasteiger partial charge in [-0.05, 0) is 48.4 Å². The first-order valence-corrected chi connectivity index (χ1v) is 8.13. The number of aryl methyl sites for hydroxylation is 1. The van der Waals surface area contributed by atoms with Gasteiger partial charge in [0.15, 0.2) is 0 Å². The maximum atomic E-state index is 12.8. The Morgan fingerprint density at radius 1 is 1.19 bits per heavy atom. The smallest absolute Gasteiger partial charge is 0.253 e. The van der Waals surface area contributed by atoms with Crippen LogP contribution in [-0.4, -0.2) is 30.4 Å². The van der Waals surface area contributed by atoms with Crippen LogP contribution in [0, 0.1) is 11.8 Å². The number of nitrogens with zero attached hydrogens (tertiary/aromatic N) is 1. The Labute approximate surface area is 128 Å². The van der Waals surface area contributed by atoms with E-state index in [1.54, 1.807) is 0 Å². The molecule has 1 aromatic rings. The molecule has 0 radical (unpaired) electrons. The Balaban J connectivity index is 2.19. The summed E-state index contributed by atoms with van der Waals surface area (Å²) in [6, 6.07) is 6.11. The summed E-state index contributed by atoms with van der Waals surface area (Å²) in [4.78, 5) is 14.8. The SMILES string of the molecule is CC(C)CN(CC(C)C)C(=O)c1ccc2c(c1)CCCN2. The number of hydrogen-bond acceptors (Lipinski definition) is 2. The zero-order chi connectivity index (χ0) is 15.4. The van der Waals surface area contributed by atoms with Crippen LogP contribution in [0.15, 0.2) is 18.2 Å². The molecule has 1 heterocycles. The van der Waals surface area contributed by atoms with Crippen molar-refractivity contribution in [3.63, 3.8) is 0 Å². The van der Waals surface area contributed by atoms with Crippen molar-refractivity contribution in [1.29, 1.82) is 0 Å². The van der Waals surface area contributed by atoms with Crippen LogP contribution >= 0.6 is 0 Å². The number of carbonyl (C=O) groups is 1. The van der Waals surface area contributed by atoms with Gasteiger partial charge in [0.25, 0.3) is 5.91 Å². The minimum Gasteiger partial charge on any atom is -0.385 e. The zero-order valence-corrected chi connectivity index (χ0v) is 13.8. The lowest BCUT2D eigenvalue weighted by molar-refractivity contribution is 0.0715. The van der Waals surface area contributed by atoms with Crippen molar-refractivity contribution in [1.82, 2.24) is 4.90 Å². The maximum Gasteiger partial charge on any atom is 0.253 e. The van der Waals surface area contributed by atoms with Crippen molar-refractivity contribution in [2.75, 3.05) is 25.0 Å². The predicted molar refractivity (Wildman–Crippen MR) is 88.8 cm³/mol. The number of anilines is 1. The Morgan fingerprint density at radius 2 is 1.86 bits per heavy atom. The molecule has 0 fully saturated rings. The van der Waals surface area contributed by atoms with Gasteiger partial charge in [-0.3, -0.25) is 4.79 Å². The lowest BCUT2D eigenvalue weighted by atomic mass is 10.00. The second kappa shape index (κ2) is 6.97. The van der Waals surface area contributed by atoms with Crippen molar-refractivity contribution >= 4 is 11.6 Å². The van der Waals surface area contributed by atoms with Crippen LogP contribution in [0.1, 0.15) is 50.0 Å². The van der Waals surface area contributed by atoms with Gasteiger partial charge in [0.05, 0.1) is 0 Å². The largest absolute Gasteiger partial charge is 0.385 e. The molecule has 0 spiro atoms. The van der Waals surface area contributed by atoms with E-state index in [-0.39, 0.29) is 5.91 Å². The molecule has 21 heavy (non-hydrogen) atoms. The van der Waals surface area contributed by atoms with Crippen molar-refractivity contribution < 1.29 is 4.79 Å². The van der Waals surface area contributed by atoms with Gasteiger partial charge in [0, 0.05) is 30.9 Å². The summed E-state index contributed by atoms with van der Waals surface area (Å²) in [5.41, 5.74) is 3.30. The first-order valence-electron chi connectivity index (χ1n) is 8.13. The normalized spacial score (nSPS) is 14.0. The third kappa shape index (κ3) is 4.23. The van der Waals surface area contributed by atoms with Crippen LogP contribution in [-0.2, 0) is 6.42 Å². The van der Waals surface area contributed by atoms with Crippen LogP contribution in [0.5, 0.6) is 0 Å². The predicted octanol–water partition coefficient (Wildman–Crippen LogP) is 3.80. The van der Waals surface area contributed by atoms with Crippen LogP contribution in [0.2, 0.25) is 0 Å². The van der Waals surface area contributed by atoms with Crippen molar-refractivity contribution in [3.05, 3.63) is 29.3 Å². The number of nitrogens with one attached hydrogen (secondary N) is 1. The van der Waals surface area contributed by atoms with E-state index in [0.29, 0.717) is 11.8 Å². The highest BCUT2D eigenvalue weighted by Crippen LogP contribution is 2.24. The van der Waals surface area contributed by atoms with E-state index in [1.807, 2.05) is 11.0 Å². The minimum absolute atomic E-state index is 0.172. The number of rotatable bonds is 5. The topological polar surface area (TPSA) is 32.3 Å². The Kier molecular flexibility index (Phi) is 5.27. The van der Waals surface area contributed by atoms with Gasteiger partial charge in [-0.25, -0.2) is 0 Å². The highest BCUT2D eigenvalue weighted by molar-refractivity contribution is 5.95. The van der Waals surface area contributed by atoms with E-state index in [1.165, 1.54) is 11.3 Å². The molecule has 3 nitrogen and oxygen atoms in total. The summed E-state index contributed by atoms with van der Waals surface area (Å²) < 4.78 is 0. The van der Waals surface area contributed by atoms with Crippen molar-refractivity contribution in [3.8, 4) is 0 Å². The molecule has 1 N–H and O–H groups in total. The molecule has 0 saturated heterocycles. The standard InChI is InChI=1S/C18H28N2O/c1-13(2)11-20(12-14(3)4)18(21)16-7-8-17-15(10-16)6-5-9-19-17/h7-8,10,13-14,19H,5-6,9,11-12H2,1-4H3. The van der Waals surface area contributed by atoms with Crippen molar-refractivity contribution in [2.45, 2.75) is 40.5 Å². The summed E-state index contributed by atoms with van der Waals surface area (Å²) in [5.74, 6) is 1.16. The van der Waals surface area contributed by atoms with Gasteiger partial charge in [-0.15, -0.1) is 0 Å². The molecular weight excluding hydrogens is 260 g/mol. The molecule has 1 aromatic carbocycles. The third-order valence-electron chi connectivity index (χ3n) is 3.75. The lowest BCUT2D eigenvalue weighted by Crippen LogP contribution is -2.37. The minimum atomic E-state index is 0.172. The fraction of sp³-hybridized carbons (Fsp3) is 0.611. The summed E-state index contributed by atoms with van der Waals surface area (Å²) in [6.07, 6.45) is 2.21. The summed E-state index contributed by atoms with van der Waals surface area (Å²) in [5, 5.41) is 3.40. The van der Waals surface area contributed by atoms with E-state index in [0.717, 1.165) is 38.0 Å². The van der Waals surface area contributed by atoms with Gasteiger partial charge in [0.1, 0.15) is 0 Å². The lowest BCUT2D eigenvalue weighted by Gasteiger charge is -2.27. The monoisotopic (exact) mass is 288 g/mol. The zero-order valence-electron chi connectivity index (χ0n) is 13.8. The highest BCUT2D eigenvalue weighted by atomic mass is 16.2. The fourth-order valence-electron chi connectivity index (χ4n) is 2.91. The molecule has 0 aliphatic carbocycles. The second-order valence-electron chi connectivity index (χ2n) is 6.90. The van der Waals surface area contributed by atoms with Crippen LogP contribution < -0.4 is 5.32 Å². The number of amides is 1. The third-order valence-corrected chi connectivity index (χ3v) is 3.75. The quantitative estimate of drug-likeness (QED) is 0.894. The highest BCUT2D eigenvalue weighted by Gasteiger charge is 2.19. The fourth-order valence-corrected chi connectivity index (χ4v) is 2.91. The van der Waals surface area contributed by atoms with Crippen LogP contribution in [0.3, 0.4) is 0 Å². The molecule has 0 aromatic heterocycles. The average Bonchev–Trinajstić information content (AvgIpc) is 2.44. The number of fused-ring (bicyclic) bond motifs is 1. The Morgan fingerprint density at radius 3 is 2.48 bits per heavy atom. The summed E-state index contributed by atoms with van der Waals surface area (Å²) in [6.45, 7) is 11.3. The molecule has 116 valence electrons. The van der Waals surface area contributed by atoms with Gasteiger partial charge < -0.3 is 10.2 Å². The van der Waals surface area contributed by atoms with Crippen molar-refractivity contribution in [2.24, 2.45) is 11.8 Å². The Bertz CT molecular complexity index is 484. The van der Waals surface area contributed by atoms with E-state index < -0.39 is 0 Å². The van der Waals surface area contributed by atoms with E-state index >= 15 is 0 Å². The molecule has 0 saturated carbocycles. The molecule has 3 heteroatoms. The van der Waals surface area contributed by atoms with E-state index in [2.05, 4.69) is 45.1 Å². The number of benzene rings is 1. The first kappa shape index (κ1) is 15.9. The van der Waals surface area contributed by atoms with Gasteiger partial charge >= 0.3 is 0 Å². The molecule has 0 unspecified atom stereocenters. The Hall–Kier alpha value is -1.51. The molecular formula is C18H28N2O. The van der Waals surface area contributed by atoms with Gasteiger partial charge in [-0.1, -0.05) is 27.7 Å². The van der Waals surface area contributed by atoms with Crippen LogP contribution in [0.4, 0.5) is 5.69 Å². The van der Waals surface area contributed by atoms with Gasteiger partial charge in [0.2, 0.25) is 0 Å². The molecule has 1 amide bonds. The first-order chi connectivity index (χ1) is 9.97.